The molecule has 0 bridgehead atoms. The second-order valence-electron chi connectivity index (χ2n) is 5.92. The number of ether oxygens (including phenoxy) is 2. The van der Waals surface area contributed by atoms with Crippen molar-refractivity contribution in [3.05, 3.63) is 64.4 Å². The summed E-state index contributed by atoms with van der Waals surface area (Å²) >= 11 is 6.03. The Kier molecular flexibility index (Phi) is 5.89. The Labute approximate surface area is 150 Å². The van der Waals surface area contributed by atoms with Gasteiger partial charge in [-0.25, -0.2) is 4.39 Å². The number of carbonyl (C=O) groups excluding carboxylic acids is 1. The summed E-state index contributed by atoms with van der Waals surface area (Å²) in [6, 6.07) is 11.9. The van der Waals surface area contributed by atoms with Gasteiger partial charge in [-0.3, -0.25) is 4.79 Å². The van der Waals surface area contributed by atoms with Crippen LogP contribution in [0.4, 0.5) is 4.39 Å². The van der Waals surface area contributed by atoms with Crippen molar-refractivity contribution >= 4 is 17.5 Å². The third-order valence-electron chi connectivity index (χ3n) is 4.03. The molecule has 2 aromatic carbocycles. The Morgan fingerprint density at radius 3 is 3.00 bits per heavy atom. The second kappa shape index (κ2) is 8.32. The molecule has 1 unspecified atom stereocenters. The van der Waals surface area contributed by atoms with Gasteiger partial charge in [0.05, 0.1) is 13.2 Å². The van der Waals surface area contributed by atoms with Crippen LogP contribution in [0.3, 0.4) is 0 Å². The van der Waals surface area contributed by atoms with Crippen molar-refractivity contribution in [3.63, 3.8) is 0 Å². The number of hydrogen-bond donors (Lipinski definition) is 1. The topological polar surface area (TPSA) is 47.6 Å². The van der Waals surface area contributed by atoms with Crippen LogP contribution in [0.5, 0.6) is 5.75 Å². The highest BCUT2D eigenvalue weighted by Gasteiger charge is 2.20. The summed E-state index contributed by atoms with van der Waals surface area (Å²) in [5.74, 6) is 0.215. The van der Waals surface area contributed by atoms with E-state index < -0.39 is 0 Å². The van der Waals surface area contributed by atoms with E-state index in [0.29, 0.717) is 17.3 Å². The molecule has 2 aromatic rings. The quantitative estimate of drug-likeness (QED) is 0.854. The zero-order chi connectivity index (χ0) is 17.6. The van der Waals surface area contributed by atoms with Crippen LogP contribution in [0.1, 0.15) is 17.5 Å². The van der Waals surface area contributed by atoms with Crippen LogP contribution in [0, 0.1) is 5.82 Å². The summed E-state index contributed by atoms with van der Waals surface area (Å²) in [5.41, 5.74) is 1.71. The summed E-state index contributed by atoms with van der Waals surface area (Å²) in [4.78, 5) is 11.9. The summed E-state index contributed by atoms with van der Waals surface area (Å²) in [6.45, 7) is 0.636. The van der Waals surface area contributed by atoms with Gasteiger partial charge in [0.15, 0.2) is 0 Å². The third-order valence-corrected chi connectivity index (χ3v) is 4.40. The molecule has 0 fully saturated rings. The highest BCUT2D eigenvalue weighted by atomic mass is 35.5. The van der Waals surface area contributed by atoms with Gasteiger partial charge in [-0.1, -0.05) is 29.8 Å². The van der Waals surface area contributed by atoms with E-state index in [1.54, 1.807) is 12.1 Å². The van der Waals surface area contributed by atoms with Gasteiger partial charge in [0.25, 0.3) is 0 Å². The molecule has 0 radical (unpaired) electrons. The molecule has 4 nitrogen and oxygen atoms in total. The molecule has 1 N–H and O–H groups in total. The van der Waals surface area contributed by atoms with Gasteiger partial charge in [0.1, 0.15) is 24.3 Å². The summed E-state index contributed by atoms with van der Waals surface area (Å²) in [5, 5.41) is 3.42. The Morgan fingerprint density at radius 1 is 1.32 bits per heavy atom. The fourth-order valence-electron chi connectivity index (χ4n) is 2.70. The van der Waals surface area contributed by atoms with Crippen molar-refractivity contribution < 1.29 is 18.7 Å². The number of nitrogens with one attached hydrogen (secondary N) is 1. The van der Waals surface area contributed by atoms with Gasteiger partial charge in [0, 0.05) is 5.02 Å². The maximum Gasteiger partial charge on any atom is 0.246 e. The first kappa shape index (κ1) is 17.7. The minimum Gasteiger partial charge on any atom is -0.488 e. The number of hydrogen-bond acceptors (Lipinski definition) is 3. The SMILES string of the molecule is O=C(COCc1ccccc1Cl)NCC1CCc2cc(F)ccc2O1. The van der Waals surface area contributed by atoms with E-state index in [-0.39, 0.29) is 31.0 Å². The predicted molar refractivity (Wildman–Crippen MR) is 93.3 cm³/mol. The van der Waals surface area contributed by atoms with E-state index in [1.807, 2.05) is 18.2 Å². The monoisotopic (exact) mass is 363 g/mol. The molecule has 0 spiro atoms. The molecule has 1 aliphatic rings. The van der Waals surface area contributed by atoms with Crippen molar-refractivity contribution in [1.29, 1.82) is 0 Å². The van der Waals surface area contributed by atoms with Gasteiger partial charge in [-0.2, -0.15) is 0 Å². The van der Waals surface area contributed by atoms with Crippen molar-refractivity contribution in [3.8, 4) is 5.75 Å². The number of carbonyl (C=O) groups is 1. The number of fused-ring (bicyclic) bond motifs is 1. The first-order valence-corrected chi connectivity index (χ1v) is 8.52. The Bertz CT molecular complexity index is 753. The molecule has 1 aliphatic heterocycles. The second-order valence-corrected chi connectivity index (χ2v) is 6.33. The molecule has 1 amide bonds. The van der Waals surface area contributed by atoms with E-state index in [0.717, 1.165) is 24.0 Å². The molecule has 6 heteroatoms. The maximum absolute atomic E-state index is 13.2. The number of benzene rings is 2. The molecule has 25 heavy (non-hydrogen) atoms. The first-order valence-electron chi connectivity index (χ1n) is 8.15. The van der Waals surface area contributed by atoms with E-state index in [4.69, 9.17) is 21.1 Å². The lowest BCUT2D eigenvalue weighted by molar-refractivity contribution is -0.126. The van der Waals surface area contributed by atoms with Crippen LogP contribution in [0.15, 0.2) is 42.5 Å². The molecule has 1 heterocycles. The molecule has 3 rings (SSSR count). The third kappa shape index (κ3) is 4.94. The smallest absolute Gasteiger partial charge is 0.246 e. The molecule has 132 valence electrons. The number of aryl methyl sites for hydroxylation is 1. The molecule has 0 saturated heterocycles. The van der Waals surface area contributed by atoms with Gasteiger partial charge < -0.3 is 14.8 Å². The van der Waals surface area contributed by atoms with Crippen LogP contribution in [-0.4, -0.2) is 25.2 Å². The zero-order valence-corrected chi connectivity index (χ0v) is 14.4. The largest absolute Gasteiger partial charge is 0.488 e. The minimum atomic E-state index is -0.259. The van der Waals surface area contributed by atoms with E-state index in [9.17, 15) is 9.18 Å². The Hall–Kier alpha value is -2.11. The number of rotatable bonds is 6. The van der Waals surface area contributed by atoms with E-state index in [1.165, 1.54) is 12.1 Å². The zero-order valence-electron chi connectivity index (χ0n) is 13.6. The lowest BCUT2D eigenvalue weighted by Crippen LogP contribution is -2.38. The molecule has 0 aromatic heterocycles. The predicted octanol–water partition coefficient (Wildman–Crippen LogP) is 3.51. The van der Waals surface area contributed by atoms with Crippen LogP contribution in [0.25, 0.3) is 0 Å². The molecule has 1 atom stereocenters. The molecule has 0 aliphatic carbocycles. The van der Waals surface area contributed by atoms with Crippen molar-refractivity contribution in [1.82, 2.24) is 5.32 Å². The minimum absolute atomic E-state index is 0.0419. The molecular formula is C19H19ClFNO3. The van der Waals surface area contributed by atoms with Gasteiger partial charge in [-0.15, -0.1) is 0 Å². The summed E-state index contributed by atoms with van der Waals surface area (Å²) in [7, 11) is 0. The van der Waals surface area contributed by atoms with Crippen molar-refractivity contribution in [2.75, 3.05) is 13.2 Å². The summed E-state index contributed by atoms with van der Waals surface area (Å²) in [6.07, 6.45) is 1.35. The van der Waals surface area contributed by atoms with Crippen LogP contribution in [0.2, 0.25) is 5.02 Å². The average Bonchev–Trinajstić information content (AvgIpc) is 2.61. The number of halogens is 2. The highest BCUT2D eigenvalue weighted by molar-refractivity contribution is 6.31. The normalized spacial score (nSPS) is 16.0. The summed E-state index contributed by atoms with van der Waals surface area (Å²) < 4.78 is 24.4. The number of amides is 1. The lowest BCUT2D eigenvalue weighted by atomic mass is 10.0. The average molecular weight is 364 g/mol. The van der Waals surface area contributed by atoms with Crippen LogP contribution < -0.4 is 10.1 Å². The maximum atomic E-state index is 13.2. The van der Waals surface area contributed by atoms with E-state index >= 15 is 0 Å². The lowest BCUT2D eigenvalue weighted by Gasteiger charge is -2.26. The Morgan fingerprint density at radius 2 is 2.16 bits per heavy atom. The van der Waals surface area contributed by atoms with Gasteiger partial charge >= 0.3 is 0 Å². The molecular weight excluding hydrogens is 345 g/mol. The molecule has 0 saturated carbocycles. The Balaban J connectivity index is 1.39. The van der Waals surface area contributed by atoms with Gasteiger partial charge in [0.2, 0.25) is 5.91 Å². The van der Waals surface area contributed by atoms with Crippen molar-refractivity contribution in [2.24, 2.45) is 0 Å². The first-order chi connectivity index (χ1) is 12.1. The van der Waals surface area contributed by atoms with Crippen LogP contribution >= 0.6 is 11.6 Å². The standard InChI is InChI=1S/C19H19ClFNO3/c20-17-4-2-1-3-14(17)11-24-12-19(23)22-10-16-7-5-13-9-15(21)6-8-18(13)25-16/h1-4,6,8-9,16H,5,7,10-12H2,(H,22,23). The van der Waals surface area contributed by atoms with Crippen molar-refractivity contribution in [2.45, 2.75) is 25.6 Å². The fraction of sp³-hybridized carbons (Fsp3) is 0.316. The van der Waals surface area contributed by atoms with Gasteiger partial charge in [-0.05, 0) is 48.2 Å². The fourth-order valence-corrected chi connectivity index (χ4v) is 2.90. The van der Waals surface area contributed by atoms with Crippen LogP contribution in [-0.2, 0) is 22.6 Å². The van der Waals surface area contributed by atoms with E-state index in [2.05, 4.69) is 5.32 Å². The highest BCUT2D eigenvalue weighted by Crippen LogP contribution is 2.27.